The fourth-order valence-corrected chi connectivity index (χ4v) is 3.74. The number of halogens is 1. The van der Waals surface area contributed by atoms with E-state index in [2.05, 4.69) is 19.6 Å². The molecule has 2 aromatic rings. The lowest BCUT2D eigenvalue weighted by Gasteiger charge is -2.31. The smallest absolute Gasteiger partial charge is 0.222 e. The summed E-state index contributed by atoms with van der Waals surface area (Å²) >= 11 is 1.42. The van der Waals surface area contributed by atoms with Gasteiger partial charge in [-0.3, -0.25) is 4.79 Å². The molecule has 1 aromatic heterocycles. The van der Waals surface area contributed by atoms with Crippen molar-refractivity contribution in [3.05, 3.63) is 41.5 Å². The average molecular weight is 377 g/mol. The van der Waals surface area contributed by atoms with Gasteiger partial charge in [0.05, 0.1) is 0 Å². The molecule has 0 radical (unpaired) electrons. The number of carbonyl (C=O) groups is 1. The summed E-state index contributed by atoms with van der Waals surface area (Å²) in [5.74, 6) is 1.25. The number of hydrogen-bond donors (Lipinski definition) is 1. The van der Waals surface area contributed by atoms with E-state index in [-0.39, 0.29) is 17.6 Å². The van der Waals surface area contributed by atoms with Crippen LogP contribution in [0.1, 0.15) is 38.1 Å². The Labute approximate surface area is 157 Å². The minimum absolute atomic E-state index is 0.0380. The van der Waals surface area contributed by atoms with Crippen LogP contribution in [0.25, 0.3) is 0 Å². The van der Waals surface area contributed by atoms with Crippen molar-refractivity contribution in [3.63, 3.8) is 0 Å². The summed E-state index contributed by atoms with van der Waals surface area (Å²) in [5, 5.41) is 3.98. The van der Waals surface area contributed by atoms with Crippen molar-refractivity contribution in [2.45, 2.75) is 33.1 Å². The molecule has 1 saturated heterocycles. The van der Waals surface area contributed by atoms with Crippen molar-refractivity contribution >= 4 is 22.6 Å². The van der Waals surface area contributed by atoms with Gasteiger partial charge >= 0.3 is 0 Å². The summed E-state index contributed by atoms with van der Waals surface area (Å²) in [5.41, 5.74) is 1.01. The van der Waals surface area contributed by atoms with Crippen molar-refractivity contribution in [1.82, 2.24) is 14.7 Å². The van der Waals surface area contributed by atoms with Crippen molar-refractivity contribution in [2.75, 3.05) is 24.5 Å². The van der Waals surface area contributed by atoms with E-state index >= 15 is 0 Å². The van der Waals surface area contributed by atoms with Crippen LogP contribution in [-0.4, -0.2) is 34.9 Å². The highest BCUT2D eigenvalue weighted by Gasteiger charge is 2.22. The Kier molecular flexibility index (Phi) is 6.19. The predicted molar refractivity (Wildman–Crippen MR) is 102 cm³/mol. The highest BCUT2D eigenvalue weighted by molar-refractivity contribution is 7.09. The molecule has 26 heavy (non-hydrogen) atoms. The topological polar surface area (TPSA) is 58.1 Å². The zero-order chi connectivity index (χ0) is 18.5. The van der Waals surface area contributed by atoms with Gasteiger partial charge in [-0.1, -0.05) is 26.0 Å². The van der Waals surface area contributed by atoms with Crippen molar-refractivity contribution < 1.29 is 9.18 Å². The number of hydrogen-bond acceptors (Lipinski definition) is 5. The minimum Gasteiger partial charge on any atom is -0.356 e. The Hall–Kier alpha value is -2.02. The molecule has 0 atom stereocenters. The van der Waals surface area contributed by atoms with E-state index in [0.717, 1.165) is 49.0 Å². The van der Waals surface area contributed by atoms with Crippen LogP contribution in [0, 0.1) is 17.7 Å². The van der Waals surface area contributed by atoms with Crippen molar-refractivity contribution in [3.8, 4) is 0 Å². The number of amides is 1. The second-order valence-corrected chi connectivity index (χ2v) is 7.86. The summed E-state index contributed by atoms with van der Waals surface area (Å²) in [4.78, 5) is 18.6. The van der Waals surface area contributed by atoms with E-state index in [0.29, 0.717) is 12.3 Å². The van der Waals surface area contributed by atoms with Crippen LogP contribution in [0.3, 0.4) is 0 Å². The normalized spacial score (nSPS) is 15.5. The average Bonchev–Trinajstić information content (AvgIpc) is 3.10. The number of benzene rings is 1. The molecule has 3 rings (SSSR count). The molecular weight excluding hydrogens is 351 g/mol. The number of nitrogens with zero attached hydrogens (tertiary/aromatic N) is 3. The first kappa shape index (κ1) is 18.8. The molecule has 0 aliphatic carbocycles. The van der Waals surface area contributed by atoms with E-state index in [9.17, 15) is 9.18 Å². The maximum absolute atomic E-state index is 13.0. The third kappa shape index (κ3) is 5.00. The minimum atomic E-state index is -0.229. The van der Waals surface area contributed by atoms with Gasteiger partial charge in [0.1, 0.15) is 11.6 Å². The quantitative estimate of drug-likeness (QED) is 0.841. The van der Waals surface area contributed by atoms with Gasteiger partial charge in [-0.15, -0.1) is 0 Å². The third-order valence-corrected chi connectivity index (χ3v) is 5.52. The number of anilines is 1. The molecule has 7 heteroatoms. The Balaban J connectivity index is 1.48. The molecule has 1 N–H and O–H groups in total. The fraction of sp³-hybridized carbons (Fsp3) is 0.526. The lowest BCUT2D eigenvalue weighted by Crippen LogP contribution is -2.39. The predicted octanol–water partition coefficient (Wildman–Crippen LogP) is 3.26. The molecule has 1 fully saturated rings. The number of carbonyl (C=O) groups excluding carboxylic acids is 1. The van der Waals surface area contributed by atoms with Gasteiger partial charge < -0.3 is 10.2 Å². The second-order valence-electron chi connectivity index (χ2n) is 7.13. The van der Waals surface area contributed by atoms with Gasteiger partial charge in [0.15, 0.2) is 0 Å². The summed E-state index contributed by atoms with van der Waals surface area (Å²) in [6, 6.07) is 6.47. The maximum Gasteiger partial charge on any atom is 0.222 e. The zero-order valence-corrected chi connectivity index (χ0v) is 16.1. The summed E-state index contributed by atoms with van der Waals surface area (Å²) in [6.07, 6.45) is 2.71. The highest BCUT2D eigenvalue weighted by atomic mass is 32.1. The number of aromatic nitrogens is 2. The highest BCUT2D eigenvalue weighted by Crippen LogP contribution is 2.25. The van der Waals surface area contributed by atoms with Crippen molar-refractivity contribution in [2.24, 2.45) is 11.8 Å². The van der Waals surface area contributed by atoms with Crippen LogP contribution in [0.5, 0.6) is 0 Å². The number of nitrogens with one attached hydrogen (secondary N) is 1. The molecule has 0 spiro atoms. The van der Waals surface area contributed by atoms with Gasteiger partial charge in [0.25, 0.3) is 0 Å². The van der Waals surface area contributed by atoms with E-state index < -0.39 is 0 Å². The van der Waals surface area contributed by atoms with E-state index in [1.165, 1.54) is 23.7 Å². The SMILES string of the molecule is CC(C)C(=O)NCC1CCN(c2nc(Cc3ccc(F)cc3)ns2)CC1. The molecule has 1 amide bonds. The first-order valence-electron chi connectivity index (χ1n) is 9.11. The zero-order valence-electron chi connectivity index (χ0n) is 15.2. The second kappa shape index (κ2) is 8.58. The molecule has 5 nitrogen and oxygen atoms in total. The molecule has 1 aliphatic heterocycles. The molecule has 1 aliphatic rings. The van der Waals surface area contributed by atoms with E-state index in [1.807, 2.05) is 13.8 Å². The van der Waals surface area contributed by atoms with Gasteiger partial charge in [0, 0.05) is 43.5 Å². The summed E-state index contributed by atoms with van der Waals surface area (Å²) in [7, 11) is 0. The van der Waals surface area contributed by atoms with E-state index in [4.69, 9.17) is 0 Å². The molecule has 2 heterocycles. The van der Waals surface area contributed by atoms with Crippen LogP contribution in [0.15, 0.2) is 24.3 Å². The van der Waals surface area contributed by atoms with Crippen LogP contribution < -0.4 is 10.2 Å². The summed E-state index contributed by atoms with van der Waals surface area (Å²) < 4.78 is 17.4. The molecular formula is C19H25FN4OS. The van der Waals surface area contributed by atoms with Crippen LogP contribution in [0.2, 0.25) is 0 Å². The largest absolute Gasteiger partial charge is 0.356 e. The lowest BCUT2D eigenvalue weighted by molar-refractivity contribution is -0.124. The van der Waals surface area contributed by atoms with Gasteiger partial charge in [0.2, 0.25) is 11.0 Å². The lowest BCUT2D eigenvalue weighted by atomic mass is 9.97. The van der Waals surface area contributed by atoms with Crippen LogP contribution in [0.4, 0.5) is 9.52 Å². The van der Waals surface area contributed by atoms with Gasteiger partial charge in [-0.05, 0) is 36.5 Å². The Morgan fingerprint density at radius 2 is 2.00 bits per heavy atom. The first-order valence-corrected chi connectivity index (χ1v) is 9.88. The Bertz CT molecular complexity index is 723. The Morgan fingerprint density at radius 1 is 1.31 bits per heavy atom. The molecule has 0 bridgehead atoms. The van der Waals surface area contributed by atoms with Crippen LogP contribution in [-0.2, 0) is 11.2 Å². The number of piperidine rings is 1. The maximum atomic E-state index is 13.0. The molecule has 0 unspecified atom stereocenters. The molecule has 1 aromatic carbocycles. The fourth-order valence-electron chi connectivity index (χ4n) is 3.01. The van der Waals surface area contributed by atoms with E-state index in [1.54, 1.807) is 12.1 Å². The third-order valence-electron chi connectivity index (χ3n) is 4.71. The monoisotopic (exact) mass is 376 g/mol. The Morgan fingerprint density at radius 3 is 2.65 bits per heavy atom. The molecule has 0 saturated carbocycles. The van der Waals surface area contributed by atoms with Crippen molar-refractivity contribution in [1.29, 1.82) is 0 Å². The summed E-state index contributed by atoms with van der Waals surface area (Å²) in [6.45, 7) is 6.46. The standard InChI is InChI=1S/C19H25FN4OS/c1-13(2)18(25)21-12-15-7-9-24(10-8-15)19-22-17(23-26-19)11-14-3-5-16(20)6-4-14/h3-6,13,15H,7-12H2,1-2H3,(H,21,25). The van der Waals surface area contributed by atoms with Gasteiger partial charge in [-0.25, -0.2) is 9.37 Å². The first-order chi connectivity index (χ1) is 12.5. The number of rotatable bonds is 6. The van der Waals surface area contributed by atoms with Gasteiger partial charge in [-0.2, -0.15) is 4.37 Å². The molecule has 140 valence electrons. The van der Waals surface area contributed by atoms with Crippen LogP contribution >= 0.6 is 11.5 Å².